The zero-order chi connectivity index (χ0) is 11.4. The Balaban J connectivity index is 2.14. The van der Waals surface area contributed by atoms with Crippen LogP contribution in [0.4, 0.5) is 0 Å². The molecule has 0 aromatic carbocycles. The van der Waals surface area contributed by atoms with Crippen LogP contribution in [0.3, 0.4) is 0 Å². The monoisotopic (exact) mass is 248 g/mol. The number of nitrogens with zero attached hydrogens (tertiary/aromatic N) is 1. The second-order valence-corrected chi connectivity index (χ2v) is 4.71. The lowest BCUT2D eigenvalue weighted by atomic mass is 10.4. The largest absolute Gasteiger partial charge is 0.340 e. The Labute approximate surface area is 101 Å². The standard InChI is InChI=1S/C11H8N2OS2/c1-2-5-12-10(14)8-7-16-11(13-8)9-4-3-6-15-9/h1,3-4,6-7H,5H2,(H,12,14). The predicted molar refractivity (Wildman–Crippen MR) is 66.6 cm³/mol. The number of rotatable bonds is 3. The number of carbonyl (C=O) groups excluding carboxylic acids is 1. The molecule has 0 atom stereocenters. The van der Waals surface area contributed by atoms with E-state index in [-0.39, 0.29) is 12.5 Å². The van der Waals surface area contributed by atoms with Gasteiger partial charge in [0.25, 0.3) is 5.91 Å². The van der Waals surface area contributed by atoms with Crippen LogP contribution in [-0.4, -0.2) is 17.4 Å². The van der Waals surface area contributed by atoms with Crippen LogP contribution < -0.4 is 5.32 Å². The Bertz CT molecular complexity index is 522. The molecule has 0 spiro atoms. The van der Waals surface area contributed by atoms with Gasteiger partial charge in [-0.3, -0.25) is 4.79 Å². The van der Waals surface area contributed by atoms with Crippen LogP contribution in [0.25, 0.3) is 9.88 Å². The molecule has 2 heterocycles. The van der Waals surface area contributed by atoms with Gasteiger partial charge in [0.2, 0.25) is 0 Å². The maximum absolute atomic E-state index is 11.5. The molecule has 0 bridgehead atoms. The average Bonchev–Trinajstić information content (AvgIpc) is 2.94. The van der Waals surface area contributed by atoms with Gasteiger partial charge in [-0.1, -0.05) is 12.0 Å². The van der Waals surface area contributed by atoms with E-state index in [1.165, 1.54) is 11.3 Å². The highest BCUT2D eigenvalue weighted by Gasteiger charge is 2.11. The number of carbonyl (C=O) groups is 1. The van der Waals surface area contributed by atoms with Gasteiger partial charge < -0.3 is 5.32 Å². The number of nitrogens with one attached hydrogen (secondary N) is 1. The van der Waals surface area contributed by atoms with E-state index >= 15 is 0 Å². The average molecular weight is 248 g/mol. The Kier molecular flexibility index (Phi) is 3.34. The molecule has 0 saturated carbocycles. The van der Waals surface area contributed by atoms with E-state index in [1.807, 2.05) is 17.5 Å². The molecule has 0 unspecified atom stereocenters. The van der Waals surface area contributed by atoms with Crippen LogP contribution in [-0.2, 0) is 0 Å². The molecule has 5 heteroatoms. The first-order chi connectivity index (χ1) is 7.81. The van der Waals surface area contributed by atoms with Crippen LogP contribution >= 0.6 is 22.7 Å². The smallest absolute Gasteiger partial charge is 0.271 e. The summed E-state index contributed by atoms with van der Waals surface area (Å²) in [6, 6.07) is 3.94. The summed E-state index contributed by atoms with van der Waals surface area (Å²) < 4.78 is 0. The number of amides is 1. The molecular weight excluding hydrogens is 240 g/mol. The molecule has 0 saturated heterocycles. The van der Waals surface area contributed by atoms with Crippen LogP contribution in [0.5, 0.6) is 0 Å². The highest BCUT2D eigenvalue weighted by atomic mass is 32.1. The van der Waals surface area contributed by atoms with E-state index in [4.69, 9.17) is 6.42 Å². The Morgan fingerprint density at radius 2 is 2.44 bits per heavy atom. The molecule has 80 valence electrons. The van der Waals surface area contributed by atoms with Crippen molar-refractivity contribution in [3.63, 3.8) is 0 Å². The lowest BCUT2D eigenvalue weighted by Crippen LogP contribution is -2.23. The van der Waals surface area contributed by atoms with Crippen LogP contribution in [0.2, 0.25) is 0 Å². The van der Waals surface area contributed by atoms with Gasteiger partial charge in [0.05, 0.1) is 11.4 Å². The summed E-state index contributed by atoms with van der Waals surface area (Å²) in [7, 11) is 0. The van der Waals surface area contributed by atoms with Crippen molar-refractivity contribution >= 4 is 28.6 Å². The minimum atomic E-state index is -0.225. The number of terminal acetylenes is 1. The van der Waals surface area contributed by atoms with Gasteiger partial charge in [-0.25, -0.2) is 4.98 Å². The predicted octanol–water partition coefficient (Wildman–Crippen LogP) is 2.23. The van der Waals surface area contributed by atoms with E-state index in [0.29, 0.717) is 5.69 Å². The molecule has 0 aliphatic carbocycles. The molecular formula is C11H8N2OS2. The minimum Gasteiger partial charge on any atom is -0.340 e. The summed E-state index contributed by atoms with van der Waals surface area (Å²) in [4.78, 5) is 16.9. The van der Waals surface area contributed by atoms with Gasteiger partial charge in [0.15, 0.2) is 0 Å². The van der Waals surface area contributed by atoms with Crippen molar-refractivity contribution in [1.29, 1.82) is 0 Å². The van der Waals surface area contributed by atoms with Crippen molar-refractivity contribution in [3.8, 4) is 22.2 Å². The maximum Gasteiger partial charge on any atom is 0.271 e. The van der Waals surface area contributed by atoms with E-state index < -0.39 is 0 Å². The van der Waals surface area contributed by atoms with Gasteiger partial charge in [-0.15, -0.1) is 29.1 Å². The van der Waals surface area contributed by atoms with Crippen LogP contribution in [0.1, 0.15) is 10.5 Å². The summed E-state index contributed by atoms with van der Waals surface area (Å²) in [6.45, 7) is 0.227. The fourth-order valence-corrected chi connectivity index (χ4v) is 2.73. The number of aromatic nitrogens is 1. The van der Waals surface area contributed by atoms with Gasteiger partial charge in [-0.05, 0) is 11.4 Å². The number of thiazole rings is 1. The van der Waals surface area contributed by atoms with Crippen molar-refractivity contribution in [2.75, 3.05) is 6.54 Å². The van der Waals surface area contributed by atoms with Crippen molar-refractivity contribution in [2.24, 2.45) is 0 Å². The number of hydrogen-bond acceptors (Lipinski definition) is 4. The normalized spacial score (nSPS) is 9.69. The summed E-state index contributed by atoms with van der Waals surface area (Å²) >= 11 is 3.06. The first kappa shape index (κ1) is 10.9. The third kappa shape index (κ3) is 2.30. The lowest BCUT2D eigenvalue weighted by Gasteiger charge is -1.95. The highest BCUT2D eigenvalue weighted by molar-refractivity contribution is 7.20. The minimum absolute atomic E-state index is 0.225. The molecule has 0 radical (unpaired) electrons. The third-order valence-electron chi connectivity index (χ3n) is 1.82. The molecule has 2 aromatic rings. The van der Waals surface area contributed by atoms with E-state index in [0.717, 1.165) is 9.88 Å². The van der Waals surface area contributed by atoms with Gasteiger partial charge in [0, 0.05) is 5.38 Å². The summed E-state index contributed by atoms with van der Waals surface area (Å²) in [5.41, 5.74) is 0.420. The van der Waals surface area contributed by atoms with Crippen molar-refractivity contribution in [1.82, 2.24) is 10.3 Å². The zero-order valence-corrected chi connectivity index (χ0v) is 9.90. The number of hydrogen-bond donors (Lipinski definition) is 1. The fraction of sp³-hybridized carbons (Fsp3) is 0.0909. The van der Waals surface area contributed by atoms with Crippen molar-refractivity contribution in [2.45, 2.75) is 0 Å². The molecule has 1 N–H and O–H groups in total. The summed E-state index contributed by atoms with van der Waals surface area (Å²) in [6.07, 6.45) is 5.06. The SMILES string of the molecule is C#CCNC(=O)c1csc(-c2cccs2)n1. The first-order valence-electron chi connectivity index (χ1n) is 4.52. The molecule has 1 amide bonds. The maximum atomic E-state index is 11.5. The van der Waals surface area contributed by atoms with E-state index in [1.54, 1.807) is 16.7 Å². The molecule has 0 fully saturated rings. The Hall–Kier alpha value is -1.64. The molecule has 0 aliphatic rings. The van der Waals surface area contributed by atoms with E-state index in [9.17, 15) is 4.79 Å². The quantitative estimate of drug-likeness (QED) is 0.846. The molecule has 16 heavy (non-hydrogen) atoms. The lowest BCUT2D eigenvalue weighted by molar-refractivity contribution is 0.0954. The van der Waals surface area contributed by atoms with E-state index in [2.05, 4.69) is 16.2 Å². The fourth-order valence-electron chi connectivity index (χ4n) is 1.11. The van der Waals surface area contributed by atoms with Gasteiger partial charge >= 0.3 is 0 Å². The second kappa shape index (κ2) is 4.92. The topological polar surface area (TPSA) is 42.0 Å². The Morgan fingerprint density at radius 3 is 3.12 bits per heavy atom. The van der Waals surface area contributed by atoms with Crippen molar-refractivity contribution in [3.05, 3.63) is 28.6 Å². The second-order valence-electron chi connectivity index (χ2n) is 2.90. The first-order valence-corrected chi connectivity index (χ1v) is 6.28. The van der Waals surface area contributed by atoms with Gasteiger partial charge in [-0.2, -0.15) is 0 Å². The molecule has 2 rings (SSSR count). The molecule has 0 aliphatic heterocycles. The zero-order valence-electron chi connectivity index (χ0n) is 8.27. The molecule has 2 aromatic heterocycles. The summed E-state index contributed by atoms with van der Waals surface area (Å²) in [5, 5.41) is 7.16. The van der Waals surface area contributed by atoms with Gasteiger partial charge in [0.1, 0.15) is 10.7 Å². The Morgan fingerprint density at radius 1 is 1.56 bits per heavy atom. The highest BCUT2D eigenvalue weighted by Crippen LogP contribution is 2.27. The van der Waals surface area contributed by atoms with Crippen LogP contribution in [0, 0.1) is 12.3 Å². The molecule has 3 nitrogen and oxygen atoms in total. The summed E-state index contributed by atoms with van der Waals surface area (Å²) in [5.74, 6) is 2.12. The number of thiophene rings is 1. The third-order valence-corrected chi connectivity index (χ3v) is 3.70. The van der Waals surface area contributed by atoms with Crippen LogP contribution in [0.15, 0.2) is 22.9 Å². The van der Waals surface area contributed by atoms with Crippen molar-refractivity contribution < 1.29 is 4.79 Å².